The molecule has 3 nitrogen and oxygen atoms in total. The van der Waals surface area contributed by atoms with Crippen molar-refractivity contribution >= 4 is 17.7 Å². The molecule has 2 aromatic carbocycles. The van der Waals surface area contributed by atoms with Gasteiger partial charge in [0.05, 0.1) is 5.75 Å². The maximum Gasteiger partial charge on any atom is 0.230 e. The first-order valence-electron chi connectivity index (χ1n) is 8.90. The van der Waals surface area contributed by atoms with Crippen LogP contribution in [0.2, 0.25) is 0 Å². The van der Waals surface area contributed by atoms with Gasteiger partial charge in [0.2, 0.25) is 5.91 Å². The van der Waals surface area contributed by atoms with Gasteiger partial charge in [-0.25, -0.2) is 4.39 Å². The van der Waals surface area contributed by atoms with E-state index in [2.05, 4.69) is 17.4 Å². The Labute approximate surface area is 158 Å². The Kier molecular flexibility index (Phi) is 6.69. The molecular weight excluding hydrogens is 349 g/mol. The van der Waals surface area contributed by atoms with Crippen LogP contribution in [0.5, 0.6) is 0 Å². The summed E-state index contributed by atoms with van der Waals surface area (Å²) in [6, 6.07) is 16.8. The number of rotatable bonds is 7. The summed E-state index contributed by atoms with van der Waals surface area (Å²) in [7, 11) is 0. The largest absolute Gasteiger partial charge is 0.381 e. The molecule has 0 saturated carbocycles. The number of thioether (sulfide) groups is 1. The van der Waals surface area contributed by atoms with Gasteiger partial charge in [0, 0.05) is 30.9 Å². The SMILES string of the molecule is O=C(CSCc1ccccc1)NCC1(c2ccc(F)cc2)CCOCC1. The Balaban J connectivity index is 1.54. The zero-order valence-corrected chi connectivity index (χ0v) is 15.6. The highest BCUT2D eigenvalue weighted by Gasteiger charge is 2.34. The number of carbonyl (C=O) groups excluding carboxylic acids is 1. The highest BCUT2D eigenvalue weighted by atomic mass is 32.2. The minimum Gasteiger partial charge on any atom is -0.381 e. The van der Waals surface area contributed by atoms with E-state index in [4.69, 9.17) is 4.74 Å². The molecule has 0 bridgehead atoms. The highest BCUT2D eigenvalue weighted by Crippen LogP contribution is 2.34. The second-order valence-corrected chi connectivity index (χ2v) is 7.64. The van der Waals surface area contributed by atoms with E-state index < -0.39 is 0 Å². The van der Waals surface area contributed by atoms with Crippen LogP contribution in [0.15, 0.2) is 54.6 Å². The third kappa shape index (κ3) is 5.08. The number of benzene rings is 2. The normalized spacial score (nSPS) is 16.2. The second kappa shape index (κ2) is 9.19. The lowest BCUT2D eigenvalue weighted by molar-refractivity contribution is -0.119. The summed E-state index contributed by atoms with van der Waals surface area (Å²) in [5.41, 5.74) is 2.11. The van der Waals surface area contributed by atoms with E-state index in [0.29, 0.717) is 25.5 Å². The molecule has 1 aliphatic rings. The first-order chi connectivity index (χ1) is 12.7. The molecule has 0 unspecified atom stereocenters. The maximum absolute atomic E-state index is 13.3. The van der Waals surface area contributed by atoms with Crippen molar-refractivity contribution < 1.29 is 13.9 Å². The van der Waals surface area contributed by atoms with E-state index in [1.807, 2.05) is 30.3 Å². The molecule has 1 amide bonds. The predicted molar refractivity (Wildman–Crippen MR) is 104 cm³/mol. The van der Waals surface area contributed by atoms with Gasteiger partial charge in [-0.05, 0) is 36.1 Å². The van der Waals surface area contributed by atoms with Crippen molar-refractivity contribution in [2.45, 2.75) is 24.0 Å². The van der Waals surface area contributed by atoms with E-state index >= 15 is 0 Å². The standard InChI is InChI=1S/C21H24FNO2S/c22-19-8-6-18(7-9-19)21(10-12-25-13-11-21)16-23-20(24)15-26-14-17-4-2-1-3-5-17/h1-9H,10-16H2,(H,23,24). The minimum atomic E-state index is -0.239. The summed E-state index contributed by atoms with van der Waals surface area (Å²) in [5.74, 6) is 1.06. The molecule has 0 aromatic heterocycles. The smallest absolute Gasteiger partial charge is 0.230 e. The molecule has 2 aromatic rings. The van der Waals surface area contributed by atoms with E-state index in [-0.39, 0.29) is 17.1 Å². The molecule has 3 rings (SSSR count). The number of carbonyl (C=O) groups is 1. The Bertz CT molecular complexity index is 700. The van der Waals surface area contributed by atoms with Crippen LogP contribution in [-0.2, 0) is 20.7 Å². The summed E-state index contributed by atoms with van der Waals surface area (Å²) in [4.78, 5) is 12.3. The molecule has 0 spiro atoms. The first kappa shape index (κ1) is 18.9. The maximum atomic E-state index is 13.3. The molecule has 1 fully saturated rings. The fourth-order valence-electron chi connectivity index (χ4n) is 3.29. The van der Waals surface area contributed by atoms with Crippen LogP contribution < -0.4 is 5.32 Å². The number of ether oxygens (including phenoxy) is 1. The fourth-order valence-corrected chi connectivity index (χ4v) is 4.11. The molecular formula is C21H24FNO2S. The van der Waals surface area contributed by atoms with Gasteiger partial charge in [-0.2, -0.15) is 0 Å². The Morgan fingerprint density at radius 3 is 2.46 bits per heavy atom. The Morgan fingerprint density at radius 1 is 1.08 bits per heavy atom. The van der Waals surface area contributed by atoms with Crippen molar-refractivity contribution in [2.24, 2.45) is 0 Å². The summed E-state index contributed by atoms with van der Waals surface area (Å²) < 4.78 is 18.8. The average molecular weight is 373 g/mol. The molecule has 1 N–H and O–H groups in total. The van der Waals surface area contributed by atoms with Crippen molar-refractivity contribution in [1.29, 1.82) is 0 Å². The van der Waals surface area contributed by atoms with Gasteiger partial charge in [-0.1, -0.05) is 42.5 Å². The van der Waals surface area contributed by atoms with Crippen LogP contribution >= 0.6 is 11.8 Å². The molecule has 1 saturated heterocycles. The number of nitrogens with one attached hydrogen (secondary N) is 1. The van der Waals surface area contributed by atoms with Crippen molar-refractivity contribution in [3.8, 4) is 0 Å². The lowest BCUT2D eigenvalue weighted by Gasteiger charge is -2.38. The van der Waals surface area contributed by atoms with Crippen LogP contribution in [0.25, 0.3) is 0 Å². The molecule has 0 radical (unpaired) electrons. The number of hydrogen-bond acceptors (Lipinski definition) is 3. The molecule has 1 aliphatic heterocycles. The molecule has 5 heteroatoms. The third-order valence-electron chi connectivity index (χ3n) is 4.88. The van der Waals surface area contributed by atoms with Gasteiger partial charge < -0.3 is 10.1 Å². The summed E-state index contributed by atoms with van der Waals surface area (Å²) in [6.07, 6.45) is 1.66. The number of amides is 1. The quantitative estimate of drug-likeness (QED) is 0.799. The monoisotopic (exact) mass is 373 g/mol. The van der Waals surface area contributed by atoms with Crippen molar-refractivity contribution in [3.05, 3.63) is 71.5 Å². The fraction of sp³-hybridized carbons (Fsp3) is 0.381. The summed E-state index contributed by atoms with van der Waals surface area (Å²) in [6.45, 7) is 1.89. The van der Waals surface area contributed by atoms with Crippen LogP contribution in [0.4, 0.5) is 4.39 Å². The van der Waals surface area contributed by atoms with Gasteiger partial charge in [0.1, 0.15) is 5.82 Å². The highest BCUT2D eigenvalue weighted by molar-refractivity contribution is 7.99. The van der Waals surface area contributed by atoms with Crippen molar-refractivity contribution in [1.82, 2.24) is 5.32 Å². The zero-order chi connectivity index (χ0) is 18.2. The second-order valence-electron chi connectivity index (χ2n) is 6.65. The number of hydrogen-bond donors (Lipinski definition) is 1. The van der Waals surface area contributed by atoms with Gasteiger partial charge >= 0.3 is 0 Å². The summed E-state index contributed by atoms with van der Waals surface area (Å²) in [5, 5.41) is 3.08. The van der Waals surface area contributed by atoms with E-state index in [0.717, 1.165) is 24.2 Å². The molecule has 0 atom stereocenters. The lowest BCUT2D eigenvalue weighted by atomic mass is 9.74. The van der Waals surface area contributed by atoms with Gasteiger partial charge in [0.25, 0.3) is 0 Å². The topological polar surface area (TPSA) is 38.3 Å². The van der Waals surface area contributed by atoms with Crippen LogP contribution in [0, 0.1) is 5.82 Å². The van der Waals surface area contributed by atoms with Gasteiger partial charge in [-0.3, -0.25) is 4.79 Å². The van der Waals surface area contributed by atoms with Gasteiger partial charge in [-0.15, -0.1) is 11.8 Å². The molecule has 138 valence electrons. The lowest BCUT2D eigenvalue weighted by Crippen LogP contribution is -2.45. The Morgan fingerprint density at radius 2 is 1.77 bits per heavy atom. The van der Waals surface area contributed by atoms with Crippen molar-refractivity contribution in [3.63, 3.8) is 0 Å². The van der Waals surface area contributed by atoms with E-state index in [1.165, 1.54) is 17.7 Å². The van der Waals surface area contributed by atoms with Crippen LogP contribution in [0.1, 0.15) is 24.0 Å². The third-order valence-corrected chi connectivity index (χ3v) is 5.88. The molecule has 0 aliphatic carbocycles. The Hall–Kier alpha value is -1.85. The van der Waals surface area contributed by atoms with E-state index in [9.17, 15) is 9.18 Å². The molecule has 1 heterocycles. The van der Waals surface area contributed by atoms with Crippen molar-refractivity contribution in [2.75, 3.05) is 25.5 Å². The van der Waals surface area contributed by atoms with Crippen LogP contribution in [-0.4, -0.2) is 31.4 Å². The predicted octanol–water partition coefficient (Wildman–Crippen LogP) is 3.92. The minimum absolute atomic E-state index is 0.0407. The van der Waals surface area contributed by atoms with Crippen LogP contribution in [0.3, 0.4) is 0 Å². The van der Waals surface area contributed by atoms with E-state index in [1.54, 1.807) is 11.8 Å². The first-order valence-corrected chi connectivity index (χ1v) is 10.1. The zero-order valence-electron chi connectivity index (χ0n) is 14.7. The van der Waals surface area contributed by atoms with Gasteiger partial charge in [0.15, 0.2) is 0 Å². The average Bonchev–Trinajstić information content (AvgIpc) is 2.68. The molecule has 26 heavy (non-hydrogen) atoms. The summed E-state index contributed by atoms with van der Waals surface area (Å²) >= 11 is 1.61. The number of halogens is 1.